The first-order valence-corrected chi connectivity index (χ1v) is 6.94. The average Bonchev–Trinajstić information content (AvgIpc) is 2.32. The van der Waals surface area contributed by atoms with Crippen LogP contribution in [0.1, 0.15) is 5.56 Å². The fraction of sp³-hybridized carbons (Fsp3) is 0.133. The summed E-state index contributed by atoms with van der Waals surface area (Å²) in [6, 6.07) is 9.53. The van der Waals surface area contributed by atoms with Gasteiger partial charge in [0.2, 0.25) is 0 Å². The smallest absolute Gasteiger partial charge is 0.137 e. The van der Waals surface area contributed by atoms with Crippen molar-refractivity contribution in [3.63, 3.8) is 0 Å². The molecule has 2 aromatic carbocycles. The summed E-state index contributed by atoms with van der Waals surface area (Å²) in [6.45, 7) is 2.03. The zero-order valence-electron chi connectivity index (χ0n) is 10.2. The fourth-order valence-corrected chi connectivity index (χ4v) is 2.62. The van der Waals surface area contributed by atoms with Gasteiger partial charge in [0.25, 0.3) is 0 Å². The van der Waals surface area contributed by atoms with E-state index in [1.165, 1.54) is 11.8 Å². The molecule has 1 heterocycles. The molecule has 3 heteroatoms. The number of hydrogen-bond donors (Lipinski definition) is 0. The Morgan fingerprint density at radius 3 is 2.61 bits per heavy atom. The molecule has 1 nitrogen and oxygen atoms in total. The van der Waals surface area contributed by atoms with Gasteiger partial charge >= 0.3 is 0 Å². The fourth-order valence-electron chi connectivity index (χ4n) is 2.16. The van der Waals surface area contributed by atoms with E-state index in [1.807, 2.05) is 37.6 Å². The normalized spacial score (nSPS) is 12.2. The van der Waals surface area contributed by atoms with Crippen LogP contribution in [0.25, 0.3) is 17.3 Å². The number of rotatable bonds is 2. The summed E-state index contributed by atoms with van der Waals surface area (Å²) in [6.07, 6.45) is 3.72. The van der Waals surface area contributed by atoms with Crippen LogP contribution < -0.4 is 10.6 Å². The first kappa shape index (κ1) is 11.5. The van der Waals surface area contributed by atoms with E-state index >= 15 is 0 Å². The van der Waals surface area contributed by atoms with Crippen molar-refractivity contribution in [2.24, 2.45) is 4.99 Å². The molecule has 0 saturated heterocycles. The average molecular weight is 257 g/mol. The molecule has 0 unspecified atom stereocenters. The lowest BCUT2D eigenvalue weighted by atomic mass is 9.99. The van der Waals surface area contributed by atoms with Crippen molar-refractivity contribution < 1.29 is 4.39 Å². The second-order valence-electron chi connectivity index (χ2n) is 4.35. The molecule has 3 rings (SSSR count). The SMILES string of the molecule is CSc1ccc(-c2cc(C)cc3c2=CN=3)cc1F. The molecule has 0 fully saturated rings. The predicted molar refractivity (Wildman–Crippen MR) is 73.6 cm³/mol. The summed E-state index contributed by atoms with van der Waals surface area (Å²) < 4.78 is 13.8. The van der Waals surface area contributed by atoms with Gasteiger partial charge in [-0.2, -0.15) is 0 Å². The van der Waals surface area contributed by atoms with E-state index in [9.17, 15) is 4.39 Å². The highest BCUT2D eigenvalue weighted by Gasteiger charge is 2.09. The number of thioether (sulfide) groups is 1. The minimum atomic E-state index is -0.161. The van der Waals surface area contributed by atoms with Gasteiger partial charge in [0, 0.05) is 16.3 Å². The number of halogens is 1. The quantitative estimate of drug-likeness (QED) is 0.754. The molecule has 90 valence electrons. The van der Waals surface area contributed by atoms with Crippen LogP contribution in [0, 0.1) is 12.7 Å². The first-order valence-electron chi connectivity index (χ1n) is 5.71. The molecule has 0 radical (unpaired) electrons. The van der Waals surface area contributed by atoms with Gasteiger partial charge in [-0.3, -0.25) is 4.99 Å². The van der Waals surface area contributed by atoms with Crippen LogP contribution in [0.5, 0.6) is 0 Å². The molecule has 0 atom stereocenters. The van der Waals surface area contributed by atoms with Gasteiger partial charge in [-0.25, -0.2) is 4.39 Å². The molecule has 18 heavy (non-hydrogen) atoms. The molecule has 0 spiro atoms. The molecule has 0 aliphatic carbocycles. The van der Waals surface area contributed by atoms with Crippen molar-refractivity contribution in [3.8, 4) is 11.1 Å². The summed E-state index contributed by atoms with van der Waals surface area (Å²) in [5, 5.41) is 2.11. The van der Waals surface area contributed by atoms with Crippen LogP contribution >= 0.6 is 11.8 Å². The Labute approximate surface area is 109 Å². The molecule has 0 saturated carbocycles. The van der Waals surface area contributed by atoms with E-state index in [4.69, 9.17) is 0 Å². The highest BCUT2D eigenvalue weighted by Crippen LogP contribution is 2.24. The third-order valence-electron chi connectivity index (χ3n) is 3.10. The van der Waals surface area contributed by atoms with Gasteiger partial charge in [-0.1, -0.05) is 12.1 Å². The minimum absolute atomic E-state index is 0.161. The highest BCUT2D eigenvalue weighted by atomic mass is 32.2. The largest absolute Gasteiger partial charge is 0.255 e. The second kappa shape index (κ2) is 4.25. The zero-order valence-corrected chi connectivity index (χ0v) is 11.0. The standard InChI is InChI=1S/C15H12FNS/c1-9-5-11(12-8-17-14(12)6-9)10-3-4-15(18-2)13(16)7-10/h3-8H,1-2H3. The maximum absolute atomic E-state index is 13.8. The second-order valence-corrected chi connectivity index (χ2v) is 5.20. The zero-order chi connectivity index (χ0) is 12.7. The van der Waals surface area contributed by atoms with E-state index < -0.39 is 0 Å². The molecule has 0 amide bonds. The van der Waals surface area contributed by atoms with E-state index in [-0.39, 0.29) is 5.82 Å². The molecule has 2 aromatic rings. The summed E-state index contributed by atoms with van der Waals surface area (Å²) >= 11 is 1.42. The Morgan fingerprint density at radius 2 is 2.00 bits per heavy atom. The maximum Gasteiger partial charge on any atom is 0.137 e. The van der Waals surface area contributed by atoms with Crippen molar-refractivity contribution in [3.05, 3.63) is 52.3 Å². The van der Waals surface area contributed by atoms with Gasteiger partial charge in [0.15, 0.2) is 0 Å². The van der Waals surface area contributed by atoms with Crippen LogP contribution in [0.4, 0.5) is 4.39 Å². The lowest BCUT2D eigenvalue weighted by Gasteiger charge is -2.10. The van der Waals surface area contributed by atoms with E-state index in [0.29, 0.717) is 4.90 Å². The summed E-state index contributed by atoms with van der Waals surface area (Å²) in [5.41, 5.74) is 3.12. The van der Waals surface area contributed by atoms with E-state index in [1.54, 1.807) is 6.07 Å². The van der Waals surface area contributed by atoms with E-state index in [0.717, 1.165) is 27.3 Å². The molecule has 0 bridgehead atoms. The Kier molecular flexibility index (Phi) is 2.71. The monoisotopic (exact) mass is 257 g/mol. The number of nitrogens with zero attached hydrogens (tertiary/aromatic N) is 1. The Bertz CT molecular complexity index is 750. The van der Waals surface area contributed by atoms with Crippen LogP contribution in [0.15, 0.2) is 40.2 Å². The lowest BCUT2D eigenvalue weighted by molar-refractivity contribution is 0.603. The van der Waals surface area contributed by atoms with Gasteiger partial charge < -0.3 is 0 Å². The van der Waals surface area contributed by atoms with Gasteiger partial charge in [0.1, 0.15) is 5.82 Å². The third-order valence-corrected chi connectivity index (χ3v) is 3.87. The summed E-state index contributed by atoms with van der Waals surface area (Å²) in [7, 11) is 0. The maximum atomic E-state index is 13.8. The molecule has 1 aliphatic rings. The van der Waals surface area contributed by atoms with Gasteiger partial charge in [0.05, 0.1) is 5.36 Å². The molecule has 0 N–H and O–H groups in total. The topological polar surface area (TPSA) is 12.4 Å². The summed E-state index contributed by atoms with van der Waals surface area (Å²) in [5.74, 6) is -0.161. The number of fused-ring (bicyclic) bond motifs is 1. The van der Waals surface area contributed by atoms with Gasteiger partial charge in [-0.15, -0.1) is 11.8 Å². The molecular formula is C15H12FNS. The molecular weight excluding hydrogens is 245 g/mol. The number of aryl methyl sites for hydroxylation is 1. The third kappa shape index (κ3) is 1.75. The van der Waals surface area contributed by atoms with Gasteiger partial charge in [-0.05, 0) is 48.1 Å². The lowest BCUT2D eigenvalue weighted by Crippen LogP contribution is -2.33. The minimum Gasteiger partial charge on any atom is -0.255 e. The van der Waals surface area contributed by atoms with Crippen LogP contribution in [-0.2, 0) is 0 Å². The Balaban J connectivity index is 2.20. The Morgan fingerprint density at radius 1 is 1.17 bits per heavy atom. The van der Waals surface area contributed by atoms with E-state index in [2.05, 4.69) is 11.1 Å². The van der Waals surface area contributed by atoms with Crippen LogP contribution in [0.2, 0.25) is 0 Å². The van der Waals surface area contributed by atoms with Crippen molar-refractivity contribution in [1.29, 1.82) is 0 Å². The van der Waals surface area contributed by atoms with Crippen molar-refractivity contribution in [1.82, 2.24) is 0 Å². The predicted octanol–water partition coefficient (Wildman–Crippen LogP) is 2.89. The highest BCUT2D eigenvalue weighted by molar-refractivity contribution is 7.98. The van der Waals surface area contributed by atoms with Crippen molar-refractivity contribution in [2.45, 2.75) is 11.8 Å². The number of hydrogen-bond acceptors (Lipinski definition) is 2. The van der Waals surface area contributed by atoms with Crippen molar-refractivity contribution in [2.75, 3.05) is 6.26 Å². The number of benzene rings is 2. The summed E-state index contributed by atoms with van der Waals surface area (Å²) in [4.78, 5) is 4.89. The first-order chi connectivity index (χ1) is 8.69. The van der Waals surface area contributed by atoms with Crippen LogP contribution in [-0.4, -0.2) is 6.26 Å². The van der Waals surface area contributed by atoms with Crippen LogP contribution in [0.3, 0.4) is 0 Å². The molecule has 0 aromatic heterocycles. The Hall–Kier alpha value is -1.61. The molecule has 1 aliphatic heterocycles. The van der Waals surface area contributed by atoms with Crippen molar-refractivity contribution >= 4 is 18.0 Å².